The molecule has 112 valence electrons. The first-order chi connectivity index (χ1) is 9.38. The highest BCUT2D eigenvalue weighted by Gasteiger charge is 2.41. The Kier molecular flexibility index (Phi) is 4.61. The van der Waals surface area contributed by atoms with Crippen molar-refractivity contribution in [2.75, 3.05) is 13.2 Å². The summed E-state index contributed by atoms with van der Waals surface area (Å²) in [6.07, 6.45) is 0.203. The minimum atomic E-state index is -4.14. The summed E-state index contributed by atoms with van der Waals surface area (Å²) in [6.45, 7) is -1.57. The van der Waals surface area contributed by atoms with E-state index >= 15 is 0 Å². The van der Waals surface area contributed by atoms with E-state index < -0.39 is 25.0 Å². The summed E-state index contributed by atoms with van der Waals surface area (Å²) in [5.74, 6) is -4.14. The van der Waals surface area contributed by atoms with E-state index in [0.29, 0.717) is 12.1 Å². The topological polar surface area (TPSA) is 52.5 Å². The Morgan fingerprint density at radius 1 is 1.45 bits per heavy atom. The number of nitrogens with two attached hydrogens (primary N) is 1. The van der Waals surface area contributed by atoms with Gasteiger partial charge in [-0.3, -0.25) is 4.40 Å². The van der Waals surface area contributed by atoms with Gasteiger partial charge < -0.3 is 10.5 Å². The zero-order valence-electron chi connectivity index (χ0n) is 10.3. The van der Waals surface area contributed by atoms with Crippen molar-refractivity contribution in [1.82, 2.24) is 9.38 Å². The van der Waals surface area contributed by atoms with Crippen LogP contribution in [0.2, 0.25) is 0 Å². The summed E-state index contributed by atoms with van der Waals surface area (Å²) in [7, 11) is 0. The summed E-state index contributed by atoms with van der Waals surface area (Å²) < 4.78 is 55.4. The Labute approximate surface area is 116 Å². The molecule has 2 rings (SSSR count). The highest BCUT2D eigenvalue weighted by atomic mass is 32.1. The maximum absolute atomic E-state index is 12.6. The summed E-state index contributed by atoms with van der Waals surface area (Å²) in [6, 6.07) is -0.576. The molecule has 0 aliphatic carbocycles. The fraction of sp³-hybridized carbons (Fsp3) is 0.545. The van der Waals surface area contributed by atoms with Gasteiger partial charge in [0, 0.05) is 30.2 Å². The van der Waals surface area contributed by atoms with Crippen molar-refractivity contribution in [1.29, 1.82) is 0 Å². The van der Waals surface area contributed by atoms with Crippen molar-refractivity contribution in [2.24, 2.45) is 5.73 Å². The number of aromatic nitrogens is 2. The minimum absolute atomic E-state index is 0.229. The Morgan fingerprint density at radius 2 is 2.20 bits per heavy atom. The highest BCUT2D eigenvalue weighted by molar-refractivity contribution is 7.15. The van der Waals surface area contributed by atoms with Crippen molar-refractivity contribution in [3.05, 3.63) is 23.5 Å². The van der Waals surface area contributed by atoms with Gasteiger partial charge in [0.25, 0.3) is 0 Å². The van der Waals surface area contributed by atoms with Crippen molar-refractivity contribution in [3.63, 3.8) is 0 Å². The summed E-state index contributed by atoms with van der Waals surface area (Å²) in [4.78, 5) is 5.08. The second-order valence-corrected chi connectivity index (χ2v) is 5.24. The van der Waals surface area contributed by atoms with Gasteiger partial charge in [-0.2, -0.15) is 8.78 Å². The number of nitrogens with zero attached hydrogens (tertiary/aromatic N) is 2. The van der Waals surface area contributed by atoms with Crippen molar-refractivity contribution < 1.29 is 22.3 Å². The van der Waals surface area contributed by atoms with E-state index in [1.54, 1.807) is 6.20 Å². The smallest absolute Gasteiger partial charge is 0.330 e. The van der Waals surface area contributed by atoms with Crippen LogP contribution in [-0.2, 0) is 11.2 Å². The van der Waals surface area contributed by atoms with E-state index in [4.69, 9.17) is 5.73 Å². The van der Waals surface area contributed by atoms with Gasteiger partial charge in [-0.25, -0.2) is 13.8 Å². The minimum Gasteiger partial charge on any atom is -0.373 e. The van der Waals surface area contributed by atoms with Gasteiger partial charge in [0.2, 0.25) is 0 Å². The summed E-state index contributed by atoms with van der Waals surface area (Å²) in [5, 5.41) is 1.88. The standard InChI is InChI=1S/C11H13F4N3OS/c12-9(13)11(14,15)6-19-5-7(16)3-8-4-18-1-2-20-10(18)17-8/h1-2,4,7,9H,3,5-6,16H2. The molecule has 0 saturated heterocycles. The van der Waals surface area contributed by atoms with Crippen LogP contribution in [-0.4, -0.2) is 41.0 Å². The number of hydrogen-bond acceptors (Lipinski definition) is 4. The van der Waals surface area contributed by atoms with Gasteiger partial charge in [0.05, 0.1) is 12.3 Å². The van der Waals surface area contributed by atoms with Gasteiger partial charge in [0.1, 0.15) is 6.61 Å². The molecule has 0 aliphatic heterocycles. The lowest BCUT2D eigenvalue weighted by molar-refractivity contribution is -0.166. The van der Waals surface area contributed by atoms with Crippen molar-refractivity contribution >= 4 is 16.3 Å². The largest absolute Gasteiger partial charge is 0.373 e. The van der Waals surface area contributed by atoms with Gasteiger partial charge in [0.15, 0.2) is 4.96 Å². The molecule has 1 atom stereocenters. The highest BCUT2D eigenvalue weighted by Crippen LogP contribution is 2.22. The fourth-order valence-corrected chi connectivity index (χ4v) is 2.33. The first-order valence-electron chi connectivity index (χ1n) is 5.79. The Hall–Kier alpha value is -1.19. The van der Waals surface area contributed by atoms with Crippen LogP contribution in [0.4, 0.5) is 17.6 Å². The molecule has 0 saturated carbocycles. The molecule has 9 heteroatoms. The predicted octanol–water partition coefficient (Wildman–Crippen LogP) is 2.18. The number of ether oxygens (including phenoxy) is 1. The van der Waals surface area contributed by atoms with Gasteiger partial charge in [-0.15, -0.1) is 11.3 Å². The van der Waals surface area contributed by atoms with E-state index in [9.17, 15) is 17.6 Å². The van der Waals surface area contributed by atoms with Crippen LogP contribution in [0.1, 0.15) is 5.69 Å². The lowest BCUT2D eigenvalue weighted by Gasteiger charge is -2.17. The van der Waals surface area contributed by atoms with Crippen LogP contribution in [0, 0.1) is 0 Å². The van der Waals surface area contributed by atoms with Crippen LogP contribution in [0.5, 0.6) is 0 Å². The molecule has 0 fully saturated rings. The van der Waals surface area contributed by atoms with Gasteiger partial charge >= 0.3 is 12.3 Å². The molecule has 0 aromatic carbocycles. The molecule has 2 aromatic heterocycles. The Balaban J connectivity index is 1.78. The molecular weight excluding hydrogens is 298 g/mol. The summed E-state index contributed by atoms with van der Waals surface area (Å²) >= 11 is 1.46. The first-order valence-corrected chi connectivity index (χ1v) is 6.67. The van der Waals surface area contributed by atoms with E-state index in [-0.39, 0.29) is 6.61 Å². The quantitative estimate of drug-likeness (QED) is 0.798. The van der Waals surface area contributed by atoms with Crippen molar-refractivity contribution in [2.45, 2.75) is 24.8 Å². The van der Waals surface area contributed by atoms with Gasteiger partial charge in [-0.05, 0) is 0 Å². The predicted molar refractivity (Wildman–Crippen MR) is 66.5 cm³/mol. The number of alkyl halides is 4. The molecular formula is C11H13F4N3OS. The molecule has 4 nitrogen and oxygen atoms in total. The number of fused-ring (bicyclic) bond motifs is 1. The monoisotopic (exact) mass is 311 g/mol. The average Bonchev–Trinajstić information content (AvgIpc) is 2.88. The molecule has 2 aromatic rings. The lowest BCUT2D eigenvalue weighted by atomic mass is 10.2. The number of hydrogen-bond donors (Lipinski definition) is 1. The average molecular weight is 311 g/mol. The molecule has 2 N–H and O–H groups in total. The number of halogens is 4. The number of imidazole rings is 1. The second-order valence-electron chi connectivity index (χ2n) is 4.37. The molecule has 0 spiro atoms. The molecule has 0 aliphatic rings. The van der Waals surface area contributed by atoms with Crippen LogP contribution in [0.3, 0.4) is 0 Å². The Morgan fingerprint density at radius 3 is 2.85 bits per heavy atom. The maximum Gasteiger partial charge on any atom is 0.330 e. The molecule has 0 amide bonds. The van der Waals surface area contributed by atoms with Crippen LogP contribution < -0.4 is 5.73 Å². The third kappa shape index (κ3) is 3.68. The second kappa shape index (κ2) is 6.06. The van der Waals surface area contributed by atoms with Gasteiger partial charge in [-0.1, -0.05) is 0 Å². The number of thiazole rings is 1. The van der Waals surface area contributed by atoms with E-state index in [0.717, 1.165) is 4.96 Å². The molecule has 20 heavy (non-hydrogen) atoms. The fourth-order valence-electron chi connectivity index (χ4n) is 1.61. The third-order valence-electron chi connectivity index (χ3n) is 2.56. The molecule has 0 radical (unpaired) electrons. The zero-order valence-corrected chi connectivity index (χ0v) is 11.1. The number of rotatable bonds is 7. The van der Waals surface area contributed by atoms with E-state index in [1.807, 2.05) is 16.0 Å². The third-order valence-corrected chi connectivity index (χ3v) is 3.33. The lowest BCUT2D eigenvalue weighted by Crippen LogP contribution is -2.36. The van der Waals surface area contributed by atoms with Crippen molar-refractivity contribution in [3.8, 4) is 0 Å². The van der Waals surface area contributed by atoms with E-state index in [1.165, 1.54) is 11.3 Å². The van der Waals surface area contributed by atoms with E-state index in [2.05, 4.69) is 9.72 Å². The van der Waals surface area contributed by atoms with Crippen LogP contribution in [0.25, 0.3) is 4.96 Å². The SMILES string of the molecule is NC(COCC(F)(F)C(F)F)Cc1cn2ccsc2n1. The first kappa shape index (κ1) is 15.2. The van der Waals surface area contributed by atoms with Crippen LogP contribution in [0.15, 0.2) is 17.8 Å². The molecule has 2 heterocycles. The molecule has 0 bridgehead atoms. The maximum atomic E-state index is 12.6. The normalized spacial score (nSPS) is 14.3. The zero-order chi connectivity index (χ0) is 14.8. The van der Waals surface area contributed by atoms with Crippen LogP contribution >= 0.6 is 11.3 Å². The summed E-state index contributed by atoms with van der Waals surface area (Å²) in [5.41, 5.74) is 6.40. The Bertz CT molecular complexity index is 528. The molecule has 1 unspecified atom stereocenters.